The van der Waals surface area contributed by atoms with Crippen molar-refractivity contribution in [2.45, 2.75) is 57.3 Å². The van der Waals surface area contributed by atoms with Gasteiger partial charge in [-0.2, -0.15) is 0 Å². The van der Waals surface area contributed by atoms with E-state index in [0.717, 1.165) is 25.7 Å². The van der Waals surface area contributed by atoms with Crippen LogP contribution in [-0.2, 0) is 9.53 Å². The Morgan fingerprint density at radius 3 is 2.75 bits per heavy atom. The summed E-state index contributed by atoms with van der Waals surface area (Å²) in [4.78, 5) is 14.4. The number of ether oxygens (including phenoxy) is 1. The molecule has 1 saturated heterocycles. The van der Waals surface area contributed by atoms with E-state index in [9.17, 15) is 4.79 Å². The molecule has 1 saturated carbocycles. The van der Waals surface area contributed by atoms with Crippen molar-refractivity contribution in [3.63, 3.8) is 0 Å². The van der Waals surface area contributed by atoms with Crippen molar-refractivity contribution in [3.8, 4) is 0 Å². The topological polar surface area (TPSA) is 41.6 Å². The Hall–Kier alpha value is -0.610. The molecule has 0 aromatic carbocycles. The first-order chi connectivity index (χ1) is 7.60. The van der Waals surface area contributed by atoms with Crippen molar-refractivity contribution in [2.75, 3.05) is 13.7 Å². The Morgan fingerprint density at radius 1 is 1.56 bits per heavy atom. The standard InChI is InChI=1S/C12H22N2O2/c1-9(8-16-3)14-10(2)13-12(11(14)15)6-4-5-7-12/h9-10,13H,4-8H2,1-3H3. The summed E-state index contributed by atoms with van der Waals surface area (Å²) in [6.07, 6.45) is 4.45. The van der Waals surface area contributed by atoms with Gasteiger partial charge in [-0.15, -0.1) is 0 Å². The quantitative estimate of drug-likeness (QED) is 0.784. The van der Waals surface area contributed by atoms with Gasteiger partial charge in [0, 0.05) is 7.11 Å². The molecule has 16 heavy (non-hydrogen) atoms. The Balaban J connectivity index is 2.13. The van der Waals surface area contributed by atoms with Gasteiger partial charge >= 0.3 is 0 Å². The largest absolute Gasteiger partial charge is 0.383 e. The first-order valence-electron chi connectivity index (χ1n) is 6.20. The number of methoxy groups -OCH3 is 1. The van der Waals surface area contributed by atoms with Crippen LogP contribution in [0, 0.1) is 0 Å². The SMILES string of the molecule is COCC(C)N1C(=O)C2(CCCC2)NC1C. The second-order valence-electron chi connectivity index (χ2n) is 5.13. The highest BCUT2D eigenvalue weighted by Crippen LogP contribution is 2.36. The van der Waals surface area contributed by atoms with Crippen molar-refractivity contribution in [1.82, 2.24) is 10.2 Å². The van der Waals surface area contributed by atoms with E-state index in [2.05, 4.69) is 12.2 Å². The number of hydrogen-bond acceptors (Lipinski definition) is 3. The van der Waals surface area contributed by atoms with Crippen molar-refractivity contribution in [2.24, 2.45) is 0 Å². The number of carbonyl (C=O) groups is 1. The van der Waals surface area contributed by atoms with Crippen LogP contribution in [0.5, 0.6) is 0 Å². The minimum absolute atomic E-state index is 0.135. The summed E-state index contributed by atoms with van der Waals surface area (Å²) in [5, 5.41) is 3.49. The van der Waals surface area contributed by atoms with Gasteiger partial charge in [0.05, 0.1) is 24.4 Å². The van der Waals surface area contributed by atoms with Crippen LogP contribution in [0.25, 0.3) is 0 Å². The highest BCUT2D eigenvalue weighted by molar-refractivity contribution is 5.89. The lowest BCUT2D eigenvalue weighted by molar-refractivity contribution is -0.135. The fraction of sp³-hybridized carbons (Fsp3) is 0.917. The van der Waals surface area contributed by atoms with E-state index in [0.29, 0.717) is 6.61 Å². The van der Waals surface area contributed by atoms with Gasteiger partial charge in [0.15, 0.2) is 0 Å². The van der Waals surface area contributed by atoms with E-state index in [1.54, 1.807) is 7.11 Å². The Labute approximate surface area is 97.3 Å². The zero-order valence-electron chi connectivity index (χ0n) is 10.5. The summed E-state index contributed by atoms with van der Waals surface area (Å²) >= 11 is 0. The van der Waals surface area contributed by atoms with E-state index in [1.807, 2.05) is 11.8 Å². The molecule has 4 heteroatoms. The monoisotopic (exact) mass is 226 g/mol. The van der Waals surface area contributed by atoms with Crippen LogP contribution in [0.1, 0.15) is 39.5 Å². The first-order valence-corrected chi connectivity index (χ1v) is 6.20. The number of rotatable bonds is 3. The molecule has 2 unspecified atom stereocenters. The van der Waals surface area contributed by atoms with E-state index in [1.165, 1.54) is 0 Å². The summed E-state index contributed by atoms with van der Waals surface area (Å²) < 4.78 is 5.14. The zero-order chi connectivity index (χ0) is 11.8. The van der Waals surface area contributed by atoms with Crippen LogP contribution in [0.2, 0.25) is 0 Å². The maximum absolute atomic E-state index is 12.5. The first kappa shape index (κ1) is 11.9. The van der Waals surface area contributed by atoms with Gasteiger partial charge in [0.1, 0.15) is 0 Å². The second-order valence-corrected chi connectivity index (χ2v) is 5.13. The molecule has 2 rings (SSSR count). The fourth-order valence-electron chi connectivity index (χ4n) is 3.19. The zero-order valence-corrected chi connectivity index (χ0v) is 10.5. The molecule has 0 radical (unpaired) electrons. The minimum Gasteiger partial charge on any atom is -0.383 e. The average Bonchev–Trinajstić information content (AvgIpc) is 2.76. The van der Waals surface area contributed by atoms with Crippen molar-refractivity contribution < 1.29 is 9.53 Å². The summed E-state index contributed by atoms with van der Waals surface area (Å²) in [6.45, 7) is 4.72. The summed E-state index contributed by atoms with van der Waals surface area (Å²) in [5.41, 5.74) is -0.249. The molecule has 0 aromatic heterocycles. The van der Waals surface area contributed by atoms with Crippen LogP contribution in [0.4, 0.5) is 0 Å². The van der Waals surface area contributed by atoms with Gasteiger partial charge in [-0.1, -0.05) is 12.8 Å². The highest BCUT2D eigenvalue weighted by atomic mass is 16.5. The third-order valence-electron chi connectivity index (χ3n) is 3.89. The summed E-state index contributed by atoms with van der Waals surface area (Å²) in [7, 11) is 1.68. The molecule has 1 aliphatic carbocycles. The highest BCUT2D eigenvalue weighted by Gasteiger charge is 2.51. The van der Waals surface area contributed by atoms with Crippen molar-refractivity contribution in [1.29, 1.82) is 0 Å². The molecule has 0 aromatic rings. The van der Waals surface area contributed by atoms with E-state index in [-0.39, 0.29) is 23.7 Å². The van der Waals surface area contributed by atoms with E-state index >= 15 is 0 Å². The van der Waals surface area contributed by atoms with Crippen LogP contribution < -0.4 is 5.32 Å². The van der Waals surface area contributed by atoms with Gasteiger partial charge in [-0.25, -0.2) is 0 Å². The van der Waals surface area contributed by atoms with E-state index < -0.39 is 0 Å². The maximum atomic E-state index is 12.5. The van der Waals surface area contributed by atoms with Crippen LogP contribution >= 0.6 is 0 Å². The lowest BCUT2D eigenvalue weighted by Gasteiger charge is -2.28. The number of nitrogens with zero attached hydrogens (tertiary/aromatic N) is 1. The molecule has 1 spiro atoms. The van der Waals surface area contributed by atoms with Gasteiger partial charge in [0.25, 0.3) is 0 Å². The van der Waals surface area contributed by atoms with Crippen molar-refractivity contribution in [3.05, 3.63) is 0 Å². The third kappa shape index (κ3) is 1.74. The smallest absolute Gasteiger partial charge is 0.244 e. The molecule has 1 heterocycles. The molecule has 1 aliphatic heterocycles. The van der Waals surface area contributed by atoms with Crippen LogP contribution in [0.15, 0.2) is 0 Å². The Kier molecular flexibility index (Phi) is 3.22. The van der Waals surface area contributed by atoms with Crippen LogP contribution in [-0.4, -0.2) is 42.3 Å². The molecule has 92 valence electrons. The average molecular weight is 226 g/mol. The molecule has 1 N–H and O–H groups in total. The summed E-state index contributed by atoms with van der Waals surface area (Å²) in [5.74, 6) is 0.280. The minimum atomic E-state index is -0.249. The number of hydrogen-bond donors (Lipinski definition) is 1. The van der Waals surface area contributed by atoms with Gasteiger partial charge in [-0.3, -0.25) is 10.1 Å². The number of amides is 1. The molecule has 2 aliphatic rings. The van der Waals surface area contributed by atoms with Gasteiger partial charge < -0.3 is 9.64 Å². The van der Waals surface area contributed by atoms with Crippen molar-refractivity contribution >= 4 is 5.91 Å². The maximum Gasteiger partial charge on any atom is 0.244 e. The summed E-state index contributed by atoms with van der Waals surface area (Å²) in [6, 6.07) is 0.153. The lowest BCUT2D eigenvalue weighted by atomic mass is 9.98. The van der Waals surface area contributed by atoms with Gasteiger partial charge in [-0.05, 0) is 26.7 Å². The second kappa shape index (κ2) is 4.34. The molecular weight excluding hydrogens is 204 g/mol. The predicted octanol–water partition coefficient (Wildman–Crippen LogP) is 1.11. The predicted molar refractivity (Wildman–Crippen MR) is 62.0 cm³/mol. The molecule has 4 nitrogen and oxygen atoms in total. The number of nitrogens with one attached hydrogen (secondary N) is 1. The normalized spacial score (nSPS) is 30.3. The van der Waals surface area contributed by atoms with E-state index in [4.69, 9.17) is 4.74 Å². The van der Waals surface area contributed by atoms with Gasteiger partial charge in [0.2, 0.25) is 5.91 Å². The third-order valence-corrected chi connectivity index (χ3v) is 3.89. The van der Waals surface area contributed by atoms with Crippen LogP contribution in [0.3, 0.4) is 0 Å². The number of carbonyl (C=O) groups excluding carboxylic acids is 1. The molecule has 2 atom stereocenters. The molecule has 1 amide bonds. The Bertz CT molecular complexity index is 274. The Morgan fingerprint density at radius 2 is 2.19 bits per heavy atom. The molecular formula is C12H22N2O2. The molecule has 0 bridgehead atoms. The lowest BCUT2D eigenvalue weighted by Crippen LogP contribution is -2.46. The fourth-order valence-corrected chi connectivity index (χ4v) is 3.19. The molecule has 2 fully saturated rings.